The Labute approximate surface area is 122 Å². The number of benzene rings is 1. The maximum Gasteiger partial charge on any atom is 0.0451 e. The van der Waals surface area contributed by atoms with Gasteiger partial charge in [0.15, 0.2) is 0 Å². The molecule has 19 heavy (non-hydrogen) atoms. The Morgan fingerprint density at radius 1 is 1.26 bits per heavy atom. The lowest BCUT2D eigenvalue weighted by Crippen LogP contribution is -2.32. The van der Waals surface area contributed by atoms with E-state index in [0.717, 1.165) is 31.1 Å². The zero-order valence-electron chi connectivity index (χ0n) is 12.6. The summed E-state index contributed by atoms with van der Waals surface area (Å²) in [6, 6.07) is 8.03. The van der Waals surface area contributed by atoms with Gasteiger partial charge in [-0.1, -0.05) is 50.6 Å². The SMILES string of the molecule is CN(Cc1ccccc1Cl)CC(CN)CC(C)(C)C. The van der Waals surface area contributed by atoms with Gasteiger partial charge in [-0.2, -0.15) is 0 Å². The quantitative estimate of drug-likeness (QED) is 0.860. The van der Waals surface area contributed by atoms with Crippen molar-refractivity contribution in [2.45, 2.75) is 33.7 Å². The van der Waals surface area contributed by atoms with Crippen LogP contribution in [0.3, 0.4) is 0 Å². The smallest absolute Gasteiger partial charge is 0.0451 e. The van der Waals surface area contributed by atoms with E-state index in [2.05, 4.69) is 38.8 Å². The maximum absolute atomic E-state index is 6.19. The Morgan fingerprint density at radius 2 is 1.89 bits per heavy atom. The first-order chi connectivity index (χ1) is 8.81. The Hall–Kier alpha value is -0.570. The van der Waals surface area contributed by atoms with E-state index >= 15 is 0 Å². The lowest BCUT2D eigenvalue weighted by molar-refractivity contribution is 0.216. The average Bonchev–Trinajstić information content (AvgIpc) is 2.29. The van der Waals surface area contributed by atoms with Crippen molar-refractivity contribution in [1.29, 1.82) is 0 Å². The average molecular weight is 283 g/mol. The van der Waals surface area contributed by atoms with Crippen molar-refractivity contribution in [2.75, 3.05) is 20.1 Å². The van der Waals surface area contributed by atoms with Crippen molar-refractivity contribution in [1.82, 2.24) is 4.90 Å². The van der Waals surface area contributed by atoms with Gasteiger partial charge in [0.05, 0.1) is 0 Å². The third-order valence-corrected chi connectivity index (χ3v) is 3.57. The molecule has 1 atom stereocenters. The monoisotopic (exact) mass is 282 g/mol. The van der Waals surface area contributed by atoms with Gasteiger partial charge in [-0.05, 0) is 43.0 Å². The first-order valence-corrected chi connectivity index (χ1v) is 7.31. The summed E-state index contributed by atoms with van der Waals surface area (Å²) in [4.78, 5) is 2.31. The molecule has 1 unspecified atom stereocenters. The first-order valence-electron chi connectivity index (χ1n) is 6.94. The molecule has 3 heteroatoms. The van der Waals surface area contributed by atoms with Crippen LogP contribution in [0.5, 0.6) is 0 Å². The number of halogens is 1. The lowest BCUT2D eigenvalue weighted by atomic mass is 9.84. The minimum absolute atomic E-state index is 0.329. The van der Waals surface area contributed by atoms with Gasteiger partial charge < -0.3 is 10.6 Å². The highest BCUT2D eigenvalue weighted by atomic mass is 35.5. The van der Waals surface area contributed by atoms with Crippen LogP contribution in [0, 0.1) is 11.3 Å². The molecule has 1 aromatic rings. The molecule has 0 aliphatic rings. The molecule has 2 N–H and O–H groups in total. The molecule has 108 valence electrons. The van der Waals surface area contributed by atoms with E-state index in [1.54, 1.807) is 0 Å². The van der Waals surface area contributed by atoms with Crippen LogP contribution in [0.25, 0.3) is 0 Å². The Kier molecular flexibility index (Phi) is 6.31. The topological polar surface area (TPSA) is 29.3 Å². The highest BCUT2D eigenvalue weighted by molar-refractivity contribution is 6.31. The van der Waals surface area contributed by atoms with Crippen molar-refractivity contribution in [3.05, 3.63) is 34.9 Å². The Bertz CT molecular complexity index is 385. The van der Waals surface area contributed by atoms with Crippen LogP contribution in [0.1, 0.15) is 32.8 Å². The molecule has 0 bridgehead atoms. The minimum Gasteiger partial charge on any atom is -0.330 e. The predicted molar refractivity (Wildman–Crippen MR) is 84.4 cm³/mol. The van der Waals surface area contributed by atoms with E-state index in [4.69, 9.17) is 17.3 Å². The number of rotatable bonds is 6. The van der Waals surface area contributed by atoms with Crippen molar-refractivity contribution in [3.8, 4) is 0 Å². The molecule has 0 aromatic heterocycles. The van der Waals surface area contributed by atoms with Crippen molar-refractivity contribution in [3.63, 3.8) is 0 Å². The third-order valence-electron chi connectivity index (χ3n) is 3.20. The second-order valence-corrected chi connectivity index (χ2v) is 7.06. The summed E-state index contributed by atoms with van der Waals surface area (Å²) in [5.41, 5.74) is 7.41. The fourth-order valence-electron chi connectivity index (χ4n) is 2.51. The summed E-state index contributed by atoms with van der Waals surface area (Å²) < 4.78 is 0. The molecular weight excluding hydrogens is 256 g/mol. The molecule has 0 aliphatic heterocycles. The van der Waals surface area contributed by atoms with Crippen molar-refractivity contribution in [2.24, 2.45) is 17.1 Å². The number of hydrogen-bond acceptors (Lipinski definition) is 2. The van der Waals surface area contributed by atoms with Gasteiger partial charge in [-0.3, -0.25) is 0 Å². The van der Waals surface area contributed by atoms with Gasteiger partial charge in [-0.25, -0.2) is 0 Å². The molecule has 0 saturated carbocycles. The zero-order valence-corrected chi connectivity index (χ0v) is 13.4. The van der Waals surface area contributed by atoms with Crippen LogP contribution in [0.2, 0.25) is 5.02 Å². The van der Waals surface area contributed by atoms with E-state index in [-0.39, 0.29) is 0 Å². The normalized spacial score (nSPS) is 13.8. The fraction of sp³-hybridized carbons (Fsp3) is 0.625. The largest absolute Gasteiger partial charge is 0.330 e. The van der Waals surface area contributed by atoms with Crippen LogP contribution in [-0.2, 0) is 6.54 Å². The molecule has 1 aromatic carbocycles. The zero-order chi connectivity index (χ0) is 14.5. The van der Waals surface area contributed by atoms with Gasteiger partial charge in [0, 0.05) is 18.1 Å². The van der Waals surface area contributed by atoms with E-state index in [0.29, 0.717) is 11.3 Å². The molecule has 0 amide bonds. The second-order valence-electron chi connectivity index (χ2n) is 6.65. The summed E-state index contributed by atoms with van der Waals surface area (Å²) >= 11 is 6.19. The highest BCUT2D eigenvalue weighted by Gasteiger charge is 2.19. The van der Waals surface area contributed by atoms with Crippen LogP contribution in [0.4, 0.5) is 0 Å². The molecule has 1 rings (SSSR count). The fourth-order valence-corrected chi connectivity index (χ4v) is 2.71. The first kappa shape index (κ1) is 16.5. The summed E-state index contributed by atoms with van der Waals surface area (Å²) in [6.45, 7) is 9.43. The van der Waals surface area contributed by atoms with Crippen LogP contribution >= 0.6 is 11.6 Å². The van der Waals surface area contributed by atoms with Crippen LogP contribution < -0.4 is 5.73 Å². The number of hydrogen-bond donors (Lipinski definition) is 1. The van der Waals surface area contributed by atoms with Gasteiger partial charge in [0.2, 0.25) is 0 Å². The highest BCUT2D eigenvalue weighted by Crippen LogP contribution is 2.25. The van der Waals surface area contributed by atoms with Gasteiger partial charge in [0.1, 0.15) is 0 Å². The maximum atomic E-state index is 6.19. The van der Waals surface area contributed by atoms with E-state index < -0.39 is 0 Å². The molecule has 0 spiro atoms. The molecule has 0 aliphatic carbocycles. The van der Waals surface area contributed by atoms with Gasteiger partial charge >= 0.3 is 0 Å². The molecular formula is C16H27ClN2. The summed E-state index contributed by atoms with van der Waals surface area (Å²) in [6.07, 6.45) is 1.15. The van der Waals surface area contributed by atoms with Crippen LogP contribution in [0.15, 0.2) is 24.3 Å². The second kappa shape index (κ2) is 7.28. The minimum atomic E-state index is 0.329. The summed E-state index contributed by atoms with van der Waals surface area (Å²) in [5.74, 6) is 0.535. The standard InChI is InChI=1S/C16H27ClN2/c1-16(2,3)9-13(10-18)11-19(4)12-14-7-5-6-8-15(14)17/h5-8,13H,9-12,18H2,1-4H3. The van der Waals surface area contributed by atoms with E-state index in [9.17, 15) is 0 Å². The number of nitrogens with two attached hydrogens (primary N) is 1. The third kappa shape index (κ3) is 6.42. The Morgan fingerprint density at radius 3 is 2.42 bits per heavy atom. The molecule has 0 heterocycles. The van der Waals surface area contributed by atoms with Gasteiger partial charge in [0.25, 0.3) is 0 Å². The molecule has 2 nitrogen and oxygen atoms in total. The van der Waals surface area contributed by atoms with Crippen LogP contribution in [-0.4, -0.2) is 25.0 Å². The van der Waals surface area contributed by atoms with E-state index in [1.807, 2.05) is 18.2 Å². The summed E-state index contributed by atoms with van der Waals surface area (Å²) in [7, 11) is 2.13. The summed E-state index contributed by atoms with van der Waals surface area (Å²) in [5, 5.41) is 0.842. The molecule has 0 fully saturated rings. The predicted octanol–water partition coefficient (Wildman–Crippen LogP) is 3.78. The number of nitrogens with zero attached hydrogens (tertiary/aromatic N) is 1. The van der Waals surface area contributed by atoms with E-state index in [1.165, 1.54) is 5.56 Å². The molecule has 0 saturated heterocycles. The van der Waals surface area contributed by atoms with Crippen molar-refractivity contribution >= 4 is 11.6 Å². The van der Waals surface area contributed by atoms with Gasteiger partial charge in [-0.15, -0.1) is 0 Å². The lowest BCUT2D eigenvalue weighted by Gasteiger charge is -2.29. The Balaban J connectivity index is 2.54. The van der Waals surface area contributed by atoms with Crippen molar-refractivity contribution < 1.29 is 0 Å². The molecule has 0 radical (unpaired) electrons.